The van der Waals surface area contributed by atoms with Crippen molar-refractivity contribution < 1.29 is 0 Å². The van der Waals surface area contributed by atoms with E-state index in [0.29, 0.717) is 0 Å². The minimum absolute atomic E-state index is 1.07. The Kier molecular flexibility index (Phi) is 4.72. The standard InChI is InChI=1S/C17H25N3/c1-2-7-17-16(6-1)15(14-19-17)8-10-18-9-5-13-20-11-3-4-12-20/h1-2,6-7,14,18-19H,3-5,8-13H2. The van der Waals surface area contributed by atoms with E-state index in [9.17, 15) is 0 Å². The van der Waals surface area contributed by atoms with Crippen molar-refractivity contribution in [3.63, 3.8) is 0 Å². The fourth-order valence-corrected chi connectivity index (χ4v) is 3.12. The van der Waals surface area contributed by atoms with E-state index < -0.39 is 0 Å². The second-order valence-corrected chi connectivity index (χ2v) is 5.76. The Balaban J connectivity index is 1.35. The Labute approximate surface area is 121 Å². The molecule has 0 amide bonds. The molecule has 0 aliphatic carbocycles. The van der Waals surface area contributed by atoms with Crippen molar-refractivity contribution in [2.24, 2.45) is 0 Å². The molecule has 3 nitrogen and oxygen atoms in total. The average Bonchev–Trinajstić information content (AvgIpc) is 3.12. The molecule has 1 saturated heterocycles. The Hall–Kier alpha value is -1.32. The van der Waals surface area contributed by atoms with Crippen LogP contribution in [0.1, 0.15) is 24.8 Å². The summed E-state index contributed by atoms with van der Waals surface area (Å²) < 4.78 is 0. The van der Waals surface area contributed by atoms with E-state index in [1.165, 1.54) is 55.4 Å². The third-order valence-electron chi connectivity index (χ3n) is 4.27. The summed E-state index contributed by atoms with van der Waals surface area (Å²) in [6.45, 7) is 6.10. The average molecular weight is 271 g/mol. The lowest BCUT2D eigenvalue weighted by Crippen LogP contribution is -2.25. The predicted molar refractivity (Wildman–Crippen MR) is 85.2 cm³/mol. The normalized spacial score (nSPS) is 16.2. The van der Waals surface area contributed by atoms with Crippen molar-refractivity contribution in [3.05, 3.63) is 36.0 Å². The number of fused-ring (bicyclic) bond motifs is 1. The lowest BCUT2D eigenvalue weighted by Gasteiger charge is -2.14. The first-order valence-electron chi connectivity index (χ1n) is 7.91. The second-order valence-electron chi connectivity index (χ2n) is 5.76. The van der Waals surface area contributed by atoms with Crippen LogP contribution in [0.2, 0.25) is 0 Å². The minimum Gasteiger partial charge on any atom is -0.361 e. The molecule has 3 heteroatoms. The van der Waals surface area contributed by atoms with Crippen molar-refractivity contribution in [2.75, 3.05) is 32.7 Å². The van der Waals surface area contributed by atoms with E-state index >= 15 is 0 Å². The van der Waals surface area contributed by atoms with E-state index in [4.69, 9.17) is 0 Å². The number of hydrogen-bond donors (Lipinski definition) is 2. The molecule has 1 aromatic heterocycles. The topological polar surface area (TPSA) is 31.1 Å². The molecule has 20 heavy (non-hydrogen) atoms. The molecule has 0 saturated carbocycles. The first kappa shape index (κ1) is 13.7. The number of benzene rings is 1. The van der Waals surface area contributed by atoms with Gasteiger partial charge in [-0.25, -0.2) is 0 Å². The van der Waals surface area contributed by atoms with Gasteiger partial charge in [0.1, 0.15) is 0 Å². The lowest BCUT2D eigenvalue weighted by molar-refractivity contribution is 0.331. The van der Waals surface area contributed by atoms with Gasteiger partial charge in [0, 0.05) is 17.1 Å². The zero-order valence-corrected chi connectivity index (χ0v) is 12.2. The molecule has 1 fully saturated rings. The summed E-state index contributed by atoms with van der Waals surface area (Å²) in [5, 5.41) is 4.94. The van der Waals surface area contributed by atoms with Gasteiger partial charge in [-0.2, -0.15) is 0 Å². The van der Waals surface area contributed by atoms with Crippen LogP contribution < -0.4 is 5.32 Å². The molecule has 1 aliphatic heterocycles. The molecule has 3 rings (SSSR count). The molecule has 0 unspecified atom stereocenters. The number of rotatable bonds is 7. The maximum Gasteiger partial charge on any atom is 0.0456 e. The number of para-hydroxylation sites is 1. The van der Waals surface area contributed by atoms with Gasteiger partial charge in [0.2, 0.25) is 0 Å². The molecule has 2 heterocycles. The smallest absolute Gasteiger partial charge is 0.0456 e. The van der Waals surface area contributed by atoms with Crippen LogP contribution in [0.15, 0.2) is 30.5 Å². The molecule has 0 bridgehead atoms. The highest BCUT2D eigenvalue weighted by molar-refractivity contribution is 5.83. The van der Waals surface area contributed by atoms with Crippen molar-refractivity contribution in [1.82, 2.24) is 15.2 Å². The molecule has 2 aromatic rings. The van der Waals surface area contributed by atoms with Gasteiger partial charge in [0.05, 0.1) is 0 Å². The summed E-state index contributed by atoms with van der Waals surface area (Å²) in [4.78, 5) is 5.93. The molecule has 0 radical (unpaired) electrons. The van der Waals surface area contributed by atoms with Gasteiger partial charge in [-0.05, 0) is 70.0 Å². The molecule has 1 aliphatic rings. The molecule has 108 valence electrons. The Bertz CT molecular complexity index is 526. The predicted octanol–water partition coefficient (Wildman–Crippen LogP) is 2.79. The Morgan fingerprint density at radius 1 is 1.10 bits per heavy atom. The van der Waals surface area contributed by atoms with Crippen LogP contribution in [0.3, 0.4) is 0 Å². The van der Waals surface area contributed by atoms with Crippen molar-refractivity contribution >= 4 is 10.9 Å². The summed E-state index contributed by atoms with van der Waals surface area (Å²) >= 11 is 0. The minimum atomic E-state index is 1.07. The van der Waals surface area contributed by atoms with Crippen LogP contribution >= 0.6 is 0 Å². The summed E-state index contributed by atoms with van der Waals surface area (Å²) in [6.07, 6.45) is 7.32. The van der Waals surface area contributed by atoms with Crippen LogP contribution in [0.5, 0.6) is 0 Å². The zero-order valence-electron chi connectivity index (χ0n) is 12.2. The number of likely N-dealkylation sites (tertiary alicyclic amines) is 1. The molecule has 0 spiro atoms. The summed E-state index contributed by atoms with van der Waals surface area (Å²) in [5.41, 5.74) is 2.67. The number of hydrogen-bond acceptors (Lipinski definition) is 2. The maximum absolute atomic E-state index is 3.57. The number of nitrogens with one attached hydrogen (secondary N) is 2. The van der Waals surface area contributed by atoms with Gasteiger partial charge in [-0.3, -0.25) is 0 Å². The van der Waals surface area contributed by atoms with Crippen LogP contribution in [0.25, 0.3) is 10.9 Å². The van der Waals surface area contributed by atoms with Gasteiger partial charge in [-0.1, -0.05) is 18.2 Å². The van der Waals surface area contributed by atoms with E-state index in [1.54, 1.807) is 0 Å². The van der Waals surface area contributed by atoms with E-state index in [0.717, 1.165) is 19.5 Å². The molecule has 1 aromatic carbocycles. The SMILES string of the molecule is c1ccc2c(CCNCCCN3CCCC3)c[nH]c2c1. The van der Waals surface area contributed by atoms with E-state index in [1.807, 2.05) is 0 Å². The van der Waals surface area contributed by atoms with Crippen LogP contribution in [-0.4, -0.2) is 42.6 Å². The highest BCUT2D eigenvalue weighted by Gasteiger charge is 2.09. The maximum atomic E-state index is 3.57. The van der Waals surface area contributed by atoms with Gasteiger partial charge in [0.25, 0.3) is 0 Å². The Morgan fingerprint density at radius 3 is 2.85 bits per heavy atom. The first-order valence-corrected chi connectivity index (χ1v) is 7.91. The number of aromatic amines is 1. The lowest BCUT2D eigenvalue weighted by atomic mass is 10.1. The quantitative estimate of drug-likeness (QED) is 0.759. The van der Waals surface area contributed by atoms with Crippen LogP contribution in [0.4, 0.5) is 0 Å². The number of H-pyrrole nitrogens is 1. The summed E-state index contributed by atoms with van der Waals surface area (Å²) in [5.74, 6) is 0. The largest absolute Gasteiger partial charge is 0.361 e. The second kappa shape index (κ2) is 6.91. The van der Waals surface area contributed by atoms with Crippen molar-refractivity contribution in [3.8, 4) is 0 Å². The third kappa shape index (κ3) is 3.41. The van der Waals surface area contributed by atoms with Crippen LogP contribution in [-0.2, 0) is 6.42 Å². The fraction of sp³-hybridized carbons (Fsp3) is 0.529. The highest BCUT2D eigenvalue weighted by Crippen LogP contribution is 2.17. The zero-order chi connectivity index (χ0) is 13.6. The monoisotopic (exact) mass is 271 g/mol. The van der Waals surface area contributed by atoms with Gasteiger partial charge in [0.15, 0.2) is 0 Å². The van der Waals surface area contributed by atoms with Gasteiger partial charge in [-0.15, -0.1) is 0 Å². The van der Waals surface area contributed by atoms with E-state index in [-0.39, 0.29) is 0 Å². The van der Waals surface area contributed by atoms with E-state index in [2.05, 4.69) is 45.7 Å². The summed E-state index contributed by atoms with van der Waals surface area (Å²) in [7, 11) is 0. The van der Waals surface area contributed by atoms with Gasteiger partial charge >= 0.3 is 0 Å². The van der Waals surface area contributed by atoms with Crippen molar-refractivity contribution in [2.45, 2.75) is 25.7 Å². The molecular weight excluding hydrogens is 246 g/mol. The highest BCUT2D eigenvalue weighted by atomic mass is 15.1. The Morgan fingerprint density at radius 2 is 1.95 bits per heavy atom. The third-order valence-corrected chi connectivity index (χ3v) is 4.27. The molecular formula is C17H25N3. The van der Waals surface area contributed by atoms with Crippen molar-refractivity contribution in [1.29, 1.82) is 0 Å². The number of nitrogens with zero attached hydrogens (tertiary/aromatic N) is 1. The fourth-order valence-electron chi connectivity index (χ4n) is 3.12. The molecule has 2 N–H and O–H groups in total. The van der Waals surface area contributed by atoms with Crippen LogP contribution in [0, 0.1) is 0 Å². The molecule has 0 atom stereocenters. The summed E-state index contributed by atoms with van der Waals surface area (Å²) in [6, 6.07) is 8.54. The first-order chi connectivity index (χ1) is 9.93. The van der Waals surface area contributed by atoms with Gasteiger partial charge < -0.3 is 15.2 Å². The number of aromatic nitrogens is 1.